The van der Waals surface area contributed by atoms with E-state index in [2.05, 4.69) is 13.5 Å². The molecule has 0 aliphatic rings. The fourth-order valence-corrected chi connectivity index (χ4v) is 2.39. The maximum atomic E-state index is 10.2. The average molecular weight is 290 g/mol. The molecule has 2 nitrogen and oxygen atoms in total. The molecule has 0 aliphatic heterocycles. The van der Waals surface area contributed by atoms with Crippen LogP contribution in [0.1, 0.15) is 51.0 Å². The summed E-state index contributed by atoms with van der Waals surface area (Å²) >= 11 is 0. The molecule has 0 fully saturated rings. The second-order valence-corrected chi connectivity index (χ2v) is 5.67. The summed E-state index contributed by atoms with van der Waals surface area (Å²) in [5.41, 5.74) is 1.16. The van der Waals surface area contributed by atoms with Gasteiger partial charge in [-0.2, -0.15) is 0 Å². The zero-order valence-corrected chi connectivity index (χ0v) is 13.3. The Kier molecular flexibility index (Phi) is 9.84. The minimum atomic E-state index is -0.333. The molecule has 21 heavy (non-hydrogen) atoms. The monoisotopic (exact) mass is 290 g/mol. The van der Waals surface area contributed by atoms with E-state index in [-0.39, 0.29) is 12.0 Å². The van der Waals surface area contributed by atoms with Crippen molar-refractivity contribution in [2.75, 3.05) is 6.61 Å². The molecule has 1 aromatic rings. The second-order valence-electron chi connectivity index (χ2n) is 5.67. The van der Waals surface area contributed by atoms with Crippen LogP contribution in [0.15, 0.2) is 43.0 Å². The minimum absolute atomic E-state index is 0.0277. The Hall–Kier alpha value is -1.12. The molecule has 0 aromatic heterocycles. The fourth-order valence-electron chi connectivity index (χ4n) is 2.39. The molecule has 0 spiro atoms. The average Bonchev–Trinajstić information content (AvgIpc) is 2.52. The standard InChI is InChI=1S/C19H30O2/c1-3-5-6-7-11-14-19(20)18(4-2)16-21-15-17-12-9-8-10-13-17/h4,8-10,12-13,18-20H,2-3,5-7,11,14-16H2,1H3/t18-,19+/m0/s1. The lowest BCUT2D eigenvalue weighted by atomic mass is 9.97. The third-order valence-corrected chi connectivity index (χ3v) is 3.82. The Morgan fingerprint density at radius 2 is 1.86 bits per heavy atom. The number of aliphatic hydroxyl groups is 1. The van der Waals surface area contributed by atoms with E-state index in [0.717, 1.165) is 18.4 Å². The van der Waals surface area contributed by atoms with E-state index in [0.29, 0.717) is 13.2 Å². The first-order chi connectivity index (χ1) is 10.3. The van der Waals surface area contributed by atoms with E-state index in [4.69, 9.17) is 4.74 Å². The van der Waals surface area contributed by atoms with Gasteiger partial charge in [0.05, 0.1) is 19.3 Å². The van der Waals surface area contributed by atoms with Gasteiger partial charge < -0.3 is 9.84 Å². The second kappa shape index (κ2) is 11.5. The van der Waals surface area contributed by atoms with Gasteiger partial charge in [0.1, 0.15) is 0 Å². The zero-order valence-electron chi connectivity index (χ0n) is 13.3. The topological polar surface area (TPSA) is 29.5 Å². The first-order valence-corrected chi connectivity index (χ1v) is 8.20. The summed E-state index contributed by atoms with van der Waals surface area (Å²) in [6.07, 6.45) is 8.44. The molecule has 0 unspecified atom stereocenters. The lowest BCUT2D eigenvalue weighted by molar-refractivity contribution is 0.0359. The van der Waals surface area contributed by atoms with Crippen LogP contribution in [-0.2, 0) is 11.3 Å². The lowest BCUT2D eigenvalue weighted by Gasteiger charge is -2.19. The van der Waals surface area contributed by atoms with Crippen LogP contribution in [-0.4, -0.2) is 17.8 Å². The van der Waals surface area contributed by atoms with Crippen LogP contribution >= 0.6 is 0 Å². The Morgan fingerprint density at radius 1 is 1.14 bits per heavy atom. The quantitative estimate of drug-likeness (QED) is 0.445. The van der Waals surface area contributed by atoms with Crippen molar-refractivity contribution < 1.29 is 9.84 Å². The van der Waals surface area contributed by atoms with Crippen LogP contribution in [0.4, 0.5) is 0 Å². The smallest absolute Gasteiger partial charge is 0.0717 e. The van der Waals surface area contributed by atoms with Crippen molar-refractivity contribution >= 4 is 0 Å². The largest absolute Gasteiger partial charge is 0.392 e. The van der Waals surface area contributed by atoms with Gasteiger partial charge in [-0.15, -0.1) is 6.58 Å². The van der Waals surface area contributed by atoms with Crippen molar-refractivity contribution in [3.63, 3.8) is 0 Å². The highest BCUT2D eigenvalue weighted by molar-refractivity contribution is 5.13. The number of aliphatic hydroxyl groups excluding tert-OH is 1. The van der Waals surface area contributed by atoms with Crippen LogP contribution in [0.3, 0.4) is 0 Å². The molecule has 118 valence electrons. The third kappa shape index (κ3) is 8.03. The van der Waals surface area contributed by atoms with E-state index in [9.17, 15) is 5.11 Å². The number of rotatable bonds is 12. The van der Waals surface area contributed by atoms with Crippen LogP contribution in [0, 0.1) is 5.92 Å². The van der Waals surface area contributed by atoms with Gasteiger partial charge in [0.25, 0.3) is 0 Å². The maximum absolute atomic E-state index is 10.2. The summed E-state index contributed by atoms with van der Waals surface area (Å²) in [5.74, 6) is 0.0277. The molecule has 2 atom stereocenters. The first-order valence-electron chi connectivity index (χ1n) is 8.20. The predicted octanol–water partition coefficient (Wildman–Crippen LogP) is 4.73. The molecule has 2 heteroatoms. The van der Waals surface area contributed by atoms with E-state index in [1.807, 2.05) is 36.4 Å². The summed E-state index contributed by atoms with van der Waals surface area (Å²) < 4.78 is 5.71. The molecular weight excluding hydrogens is 260 g/mol. The molecule has 0 bridgehead atoms. The van der Waals surface area contributed by atoms with Crippen LogP contribution in [0.2, 0.25) is 0 Å². The van der Waals surface area contributed by atoms with E-state index in [1.165, 1.54) is 25.7 Å². The van der Waals surface area contributed by atoms with Crippen LogP contribution < -0.4 is 0 Å². The molecule has 1 rings (SSSR count). The molecule has 0 saturated heterocycles. The SMILES string of the molecule is C=C[C@@H](COCc1ccccc1)[C@H](O)CCCCCCC. The Balaban J connectivity index is 2.19. The predicted molar refractivity (Wildman–Crippen MR) is 89.2 cm³/mol. The van der Waals surface area contributed by atoms with Crippen molar-refractivity contribution in [3.8, 4) is 0 Å². The number of hydrogen-bond donors (Lipinski definition) is 1. The Bertz CT molecular complexity index is 361. The van der Waals surface area contributed by atoms with E-state index < -0.39 is 0 Å². The third-order valence-electron chi connectivity index (χ3n) is 3.82. The number of benzene rings is 1. The van der Waals surface area contributed by atoms with Gasteiger partial charge in [0, 0.05) is 5.92 Å². The van der Waals surface area contributed by atoms with Crippen LogP contribution in [0.25, 0.3) is 0 Å². The van der Waals surface area contributed by atoms with Crippen molar-refractivity contribution in [1.82, 2.24) is 0 Å². The highest BCUT2D eigenvalue weighted by atomic mass is 16.5. The molecule has 0 aliphatic carbocycles. The highest BCUT2D eigenvalue weighted by Gasteiger charge is 2.15. The molecular formula is C19H30O2. The van der Waals surface area contributed by atoms with Crippen molar-refractivity contribution in [2.24, 2.45) is 5.92 Å². The van der Waals surface area contributed by atoms with Gasteiger partial charge in [-0.3, -0.25) is 0 Å². The Morgan fingerprint density at radius 3 is 2.52 bits per heavy atom. The van der Waals surface area contributed by atoms with Gasteiger partial charge in [0.15, 0.2) is 0 Å². The number of ether oxygens (including phenoxy) is 1. The lowest BCUT2D eigenvalue weighted by Crippen LogP contribution is -2.23. The van der Waals surface area contributed by atoms with Crippen LogP contribution in [0.5, 0.6) is 0 Å². The maximum Gasteiger partial charge on any atom is 0.0717 e. The summed E-state index contributed by atoms with van der Waals surface area (Å²) in [7, 11) is 0. The zero-order chi connectivity index (χ0) is 15.3. The number of hydrogen-bond acceptors (Lipinski definition) is 2. The van der Waals surface area contributed by atoms with Gasteiger partial charge >= 0.3 is 0 Å². The minimum Gasteiger partial charge on any atom is -0.392 e. The highest BCUT2D eigenvalue weighted by Crippen LogP contribution is 2.15. The van der Waals surface area contributed by atoms with E-state index >= 15 is 0 Å². The molecule has 0 amide bonds. The van der Waals surface area contributed by atoms with Crippen molar-refractivity contribution in [1.29, 1.82) is 0 Å². The molecule has 0 radical (unpaired) electrons. The summed E-state index contributed by atoms with van der Waals surface area (Å²) in [6, 6.07) is 10.1. The first kappa shape index (κ1) is 17.9. The molecule has 1 N–H and O–H groups in total. The molecule has 0 saturated carbocycles. The molecule has 0 heterocycles. The summed E-state index contributed by atoms with van der Waals surface area (Å²) in [4.78, 5) is 0. The Labute approximate surface area is 129 Å². The van der Waals surface area contributed by atoms with Crippen molar-refractivity contribution in [2.45, 2.75) is 58.2 Å². The van der Waals surface area contributed by atoms with Crippen molar-refractivity contribution in [3.05, 3.63) is 48.6 Å². The van der Waals surface area contributed by atoms with E-state index in [1.54, 1.807) is 0 Å². The fraction of sp³-hybridized carbons (Fsp3) is 0.579. The summed E-state index contributed by atoms with van der Waals surface area (Å²) in [5, 5.41) is 10.2. The normalized spacial score (nSPS) is 13.8. The summed E-state index contributed by atoms with van der Waals surface area (Å²) in [6.45, 7) is 7.17. The number of unbranched alkanes of at least 4 members (excludes halogenated alkanes) is 4. The van der Waals surface area contributed by atoms with Gasteiger partial charge in [0.2, 0.25) is 0 Å². The van der Waals surface area contributed by atoms with Gasteiger partial charge in [-0.05, 0) is 12.0 Å². The molecule has 1 aromatic carbocycles. The van der Waals surface area contributed by atoms with Gasteiger partial charge in [-0.1, -0.05) is 75.4 Å². The van der Waals surface area contributed by atoms with Gasteiger partial charge in [-0.25, -0.2) is 0 Å².